The Balaban J connectivity index is 1.47. The maximum absolute atomic E-state index is 12.4. The quantitative estimate of drug-likeness (QED) is 0.679. The molecule has 23 heavy (non-hydrogen) atoms. The molecule has 126 valence electrons. The molecule has 3 rings (SSSR count). The maximum atomic E-state index is 12.4. The van der Waals surface area contributed by atoms with Crippen molar-refractivity contribution in [1.29, 1.82) is 0 Å². The zero-order valence-electron chi connectivity index (χ0n) is 14.6. The molecule has 2 heteroatoms. The van der Waals surface area contributed by atoms with Gasteiger partial charge in [0.25, 0.3) is 0 Å². The third kappa shape index (κ3) is 4.67. The lowest BCUT2D eigenvalue weighted by atomic mass is 10.0. The van der Waals surface area contributed by atoms with Gasteiger partial charge >= 0.3 is 0 Å². The van der Waals surface area contributed by atoms with Gasteiger partial charge in [0.15, 0.2) is 5.78 Å². The Hall–Kier alpha value is -1.15. The lowest BCUT2D eigenvalue weighted by molar-refractivity contribution is 0.0960. The van der Waals surface area contributed by atoms with Crippen molar-refractivity contribution in [2.75, 3.05) is 19.6 Å². The van der Waals surface area contributed by atoms with Crippen LogP contribution in [0, 0.1) is 11.8 Å². The number of unbranched alkanes of at least 4 members (excludes halogenated alkanes) is 1. The van der Waals surface area contributed by atoms with Gasteiger partial charge in [0, 0.05) is 25.1 Å². The average Bonchev–Trinajstić information content (AvgIpc) is 2.91. The highest BCUT2D eigenvalue weighted by Gasteiger charge is 2.29. The number of hydrogen-bond acceptors (Lipinski definition) is 2. The van der Waals surface area contributed by atoms with E-state index in [1.807, 2.05) is 12.1 Å². The van der Waals surface area contributed by atoms with E-state index in [9.17, 15) is 4.79 Å². The summed E-state index contributed by atoms with van der Waals surface area (Å²) in [5, 5.41) is 0. The number of fused-ring (bicyclic) bond motifs is 2. The Kier molecular flexibility index (Phi) is 5.88. The van der Waals surface area contributed by atoms with Crippen LogP contribution < -0.4 is 0 Å². The fourth-order valence-electron chi connectivity index (χ4n) is 4.27. The van der Waals surface area contributed by atoms with Gasteiger partial charge in [0.1, 0.15) is 0 Å². The van der Waals surface area contributed by atoms with Crippen LogP contribution in [0.4, 0.5) is 0 Å². The zero-order valence-corrected chi connectivity index (χ0v) is 14.6. The minimum absolute atomic E-state index is 0.307. The lowest BCUT2D eigenvalue weighted by Gasteiger charge is -2.24. The largest absolute Gasteiger partial charge is 0.303 e. The minimum atomic E-state index is 0.307. The van der Waals surface area contributed by atoms with E-state index in [-0.39, 0.29) is 0 Å². The van der Waals surface area contributed by atoms with Crippen molar-refractivity contribution < 1.29 is 4.79 Å². The molecule has 0 amide bonds. The molecule has 2 bridgehead atoms. The Morgan fingerprint density at radius 1 is 1.13 bits per heavy atom. The van der Waals surface area contributed by atoms with E-state index in [1.165, 1.54) is 57.2 Å². The number of carbonyl (C=O) groups excluding carboxylic acids is 1. The standard InChI is InChI=1S/C21H31NO/c1-2-3-4-17-7-9-20(10-8-17)21(23)12-14-22-13-11-18-5-6-19(15-18)16-22/h7-10,18-19H,2-6,11-16H2,1H3. The van der Waals surface area contributed by atoms with E-state index >= 15 is 0 Å². The first-order valence-electron chi connectivity index (χ1n) is 9.59. The van der Waals surface area contributed by atoms with Gasteiger partial charge in [-0.25, -0.2) is 0 Å². The van der Waals surface area contributed by atoms with Crippen molar-refractivity contribution in [3.8, 4) is 0 Å². The second-order valence-electron chi connectivity index (χ2n) is 7.61. The van der Waals surface area contributed by atoms with Gasteiger partial charge in [0.05, 0.1) is 0 Å². The van der Waals surface area contributed by atoms with E-state index in [0.29, 0.717) is 12.2 Å². The molecule has 1 heterocycles. The molecule has 1 aromatic carbocycles. The SMILES string of the molecule is CCCCc1ccc(C(=O)CCN2CCC3CCC(C3)C2)cc1. The third-order valence-corrected chi connectivity index (χ3v) is 5.77. The fourth-order valence-corrected chi connectivity index (χ4v) is 4.27. The zero-order chi connectivity index (χ0) is 16.1. The van der Waals surface area contributed by atoms with E-state index in [4.69, 9.17) is 0 Å². The molecule has 1 aliphatic carbocycles. The summed E-state index contributed by atoms with van der Waals surface area (Å²) in [6, 6.07) is 8.32. The number of likely N-dealkylation sites (tertiary alicyclic amines) is 1. The Labute approximate surface area is 141 Å². The molecule has 0 aromatic heterocycles. The smallest absolute Gasteiger partial charge is 0.164 e. The number of ketones is 1. The summed E-state index contributed by atoms with van der Waals surface area (Å²) < 4.78 is 0. The Morgan fingerprint density at radius 3 is 2.70 bits per heavy atom. The van der Waals surface area contributed by atoms with Gasteiger partial charge in [-0.3, -0.25) is 4.79 Å². The van der Waals surface area contributed by atoms with Crippen molar-refractivity contribution in [1.82, 2.24) is 4.90 Å². The topological polar surface area (TPSA) is 20.3 Å². The summed E-state index contributed by atoms with van der Waals surface area (Å²) in [6.07, 6.45) is 9.88. The van der Waals surface area contributed by atoms with Crippen molar-refractivity contribution in [3.63, 3.8) is 0 Å². The lowest BCUT2D eigenvalue weighted by Crippen LogP contribution is -2.31. The van der Waals surface area contributed by atoms with Crippen LogP contribution in [0.15, 0.2) is 24.3 Å². The number of Topliss-reactive ketones (excluding diaryl/α,β-unsaturated/α-hetero) is 1. The molecule has 2 atom stereocenters. The Bertz CT molecular complexity index is 507. The van der Waals surface area contributed by atoms with E-state index in [2.05, 4.69) is 24.0 Å². The second kappa shape index (κ2) is 8.10. The van der Waals surface area contributed by atoms with Gasteiger partial charge in [-0.2, -0.15) is 0 Å². The molecular formula is C21H31NO. The highest BCUT2D eigenvalue weighted by Crippen LogP contribution is 2.36. The van der Waals surface area contributed by atoms with Crippen LogP contribution in [0.25, 0.3) is 0 Å². The first-order valence-corrected chi connectivity index (χ1v) is 9.59. The van der Waals surface area contributed by atoms with Gasteiger partial charge in [-0.15, -0.1) is 0 Å². The molecule has 2 unspecified atom stereocenters. The summed E-state index contributed by atoms with van der Waals surface area (Å²) in [6.45, 7) is 5.58. The third-order valence-electron chi connectivity index (χ3n) is 5.77. The maximum Gasteiger partial charge on any atom is 0.164 e. The molecular weight excluding hydrogens is 282 g/mol. The van der Waals surface area contributed by atoms with Crippen LogP contribution in [0.3, 0.4) is 0 Å². The van der Waals surface area contributed by atoms with Gasteiger partial charge < -0.3 is 4.90 Å². The minimum Gasteiger partial charge on any atom is -0.303 e. The molecule has 2 fully saturated rings. The summed E-state index contributed by atoms with van der Waals surface area (Å²) in [4.78, 5) is 15.0. The predicted molar refractivity (Wildman–Crippen MR) is 95.9 cm³/mol. The summed E-state index contributed by atoms with van der Waals surface area (Å²) in [5.74, 6) is 2.17. The number of nitrogens with zero attached hydrogens (tertiary/aromatic N) is 1. The van der Waals surface area contributed by atoms with Crippen LogP contribution in [-0.2, 0) is 6.42 Å². The monoisotopic (exact) mass is 313 g/mol. The molecule has 1 saturated carbocycles. The number of carbonyl (C=O) groups is 1. The number of rotatable bonds is 7. The molecule has 2 nitrogen and oxygen atoms in total. The molecule has 0 spiro atoms. The second-order valence-corrected chi connectivity index (χ2v) is 7.61. The van der Waals surface area contributed by atoms with Crippen molar-refractivity contribution in [3.05, 3.63) is 35.4 Å². The Morgan fingerprint density at radius 2 is 1.91 bits per heavy atom. The average molecular weight is 313 g/mol. The number of hydrogen-bond donors (Lipinski definition) is 0. The fraction of sp³-hybridized carbons (Fsp3) is 0.667. The highest BCUT2D eigenvalue weighted by atomic mass is 16.1. The molecule has 1 saturated heterocycles. The van der Waals surface area contributed by atoms with Gasteiger partial charge in [-0.05, 0) is 56.0 Å². The predicted octanol–water partition coefficient (Wildman–Crippen LogP) is 4.72. The van der Waals surface area contributed by atoms with Crippen LogP contribution in [0.5, 0.6) is 0 Å². The van der Waals surface area contributed by atoms with Crippen LogP contribution in [-0.4, -0.2) is 30.3 Å². The number of aryl methyl sites for hydroxylation is 1. The normalized spacial score (nSPS) is 24.6. The molecule has 0 radical (unpaired) electrons. The first-order chi connectivity index (χ1) is 11.2. The van der Waals surface area contributed by atoms with E-state index < -0.39 is 0 Å². The highest BCUT2D eigenvalue weighted by molar-refractivity contribution is 5.96. The summed E-state index contributed by atoms with van der Waals surface area (Å²) >= 11 is 0. The van der Waals surface area contributed by atoms with E-state index in [0.717, 1.165) is 30.4 Å². The molecule has 2 aliphatic rings. The number of benzene rings is 1. The van der Waals surface area contributed by atoms with Crippen LogP contribution in [0.2, 0.25) is 0 Å². The van der Waals surface area contributed by atoms with Gasteiger partial charge in [-0.1, -0.05) is 44.0 Å². The van der Waals surface area contributed by atoms with Crippen molar-refractivity contribution in [2.24, 2.45) is 11.8 Å². The van der Waals surface area contributed by atoms with Crippen LogP contribution in [0.1, 0.15) is 67.8 Å². The summed E-state index contributed by atoms with van der Waals surface area (Å²) in [5.41, 5.74) is 2.24. The van der Waals surface area contributed by atoms with Crippen molar-refractivity contribution >= 4 is 5.78 Å². The molecule has 1 aliphatic heterocycles. The van der Waals surface area contributed by atoms with E-state index in [1.54, 1.807) is 0 Å². The summed E-state index contributed by atoms with van der Waals surface area (Å²) in [7, 11) is 0. The van der Waals surface area contributed by atoms with Gasteiger partial charge in [0.2, 0.25) is 0 Å². The molecule has 1 aromatic rings. The van der Waals surface area contributed by atoms with Crippen LogP contribution >= 0.6 is 0 Å². The molecule has 0 N–H and O–H groups in total. The first kappa shape index (κ1) is 16.7. The van der Waals surface area contributed by atoms with Crippen molar-refractivity contribution in [2.45, 2.75) is 58.3 Å².